The number of aliphatic hydroxyl groups is 5. The number of hydrogen-bond donors (Lipinski definition) is 5. The minimum absolute atomic E-state index is 0. The van der Waals surface area contributed by atoms with Gasteiger partial charge < -0.3 is 49.1 Å². The lowest BCUT2D eigenvalue weighted by Crippen LogP contribution is -2.65. The minimum atomic E-state index is -1.33. The number of aryl methyl sites for hydroxylation is 1. The highest BCUT2D eigenvalue weighted by molar-refractivity contribution is 6.61. The molecule has 0 spiro atoms. The van der Waals surface area contributed by atoms with Crippen molar-refractivity contribution in [2.45, 2.75) is 75.6 Å². The minimum Gasteiger partial charge on any atom is -0.399 e. The van der Waals surface area contributed by atoms with E-state index >= 15 is 0 Å². The van der Waals surface area contributed by atoms with Crippen molar-refractivity contribution in [3.8, 4) is 0 Å². The molecule has 0 amide bonds. The lowest BCUT2D eigenvalue weighted by molar-refractivity contribution is -0.243. The molecule has 5 N–H and O–H groups in total. The average molecular weight is 518 g/mol. The smallest absolute Gasteiger partial charge is 0.399 e. The fraction of sp³-hybridized carbons (Fsp3) is 0.538. The topological polar surface area (TPSA) is 147 Å². The molecular weight excluding hydrogens is 483 g/mol. The Hall–Kier alpha value is -1.90. The Morgan fingerprint density at radius 3 is 2.16 bits per heavy atom. The van der Waals surface area contributed by atoms with Crippen LogP contribution in [0.15, 0.2) is 54.6 Å². The predicted octanol–water partition coefficient (Wildman–Crippen LogP) is -0.572. The number of ether oxygens (including phenoxy) is 3. The van der Waals surface area contributed by atoms with Crippen LogP contribution in [-0.2, 0) is 23.5 Å². The van der Waals surface area contributed by atoms with Crippen molar-refractivity contribution in [2.75, 3.05) is 13.2 Å². The zero-order valence-corrected chi connectivity index (χ0v) is 19.7. The first-order chi connectivity index (χ1) is 17.4. The summed E-state index contributed by atoms with van der Waals surface area (Å²) in [4.78, 5) is 0. The molecule has 2 aromatic rings. The number of hydrogen-bond acceptors (Lipinski definition) is 10. The SMILES string of the molecule is C.Cc1ccc(B2OC3[C@@H]4OC[C@@H](O4)C(O2)[C@@H]3O)cc1.OC[C@H]1O[C@@H](c2ccccc2)C(O)[C@@H](O)C1O. The molecule has 10 atom stereocenters. The van der Waals surface area contributed by atoms with E-state index in [1.165, 1.54) is 5.56 Å². The van der Waals surface area contributed by atoms with Crippen LogP contribution in [0.5, 0.6) is 0 Å². The van der Waals surface area contributed by atoms with Gasteiger partial charge in [0.25, 0.3) is 0 Å². The van der Waals surface area contributed by atoms with E-state index in [9.17, 15) is 20.4 Å². The van der Waals surface area contributed by atoms with Gasteiger partial charge >= 0.3 is 7.12 Å². The molecule has 4 heterocycles. The Labute approximate surface area is 216 Å². The first-order valence-electron chi connectivity index (χ1n) is 12.1. The summed E-state index contributed by atoms with van der Waals surface area (Å²) in [7, 11) is -0.463. The predicted molar refractivity (Wildman–Crippen MR) is 133 cm³/mol. The molecule has 0 saturated carbocycles. The molecule has 0 aliphatic carbocycles. The standard InChI is InChI=1S/C13H15BO5.C12H16O5.CH4/c1-7-2-4-8(5-3-7)14-18-11-9-6-16-13(17-9)12(19-14)10(11)15;13-6-8-9(14)10(15)11(16)12(17-8)7-4-2-1-3-5-7;/h2-5,9-13,15H,6H2,1H3;1-5,8-16H,6H2;1H4/t9-,10+,11?,12?,13-;8-,9?,10+,11?,12+;/m11./s1. The molecule has 4 aliphatic heterocycles. The van der Waals surface area contributed by atoms with Crippen LogP contribution in [0.2, 0.25) is 0 Å². The largest absolute Gasteiger partial charge is 0.494 e. The molecule has 11 heteroatoms. The molecule has 4 saturated heterocycles. The van der Waals surface area contributed by atoms with Gasteiger partial charge in [0.2, 0.25) is 0 Å². The van der Waals surface area contributed by atoms with Crippen LogP contribution in [0, 0.1) is 6.92 Å². The third kappa shape index (κ3) is 5.62. The second-order valence-electron chi connectivity index (χ2n) is 9.47. The number of rotatable bonds is 3. The van der Waals surface area contributed by atoms with Crippen molar-refractivity contribution in [3.05, 3.63) is 65.7 Å². The maximum atomic E-state index is 10.2. The van der Waals surface area contributed by atoms with E-state index in [0.717, 1.165) is 5.46 Å². The Balaban J connectivity index is 0.000000170. The molecule has 0 aromatic heterocycles. The second-order valence-corrected chi connectivity index (χ2v) is 9.47. The summed E-state index contributed by atoms with van der Waals surface area (Å²) in [6, 6.07) is 16.9. The highest BCUT2D eigenvalue weighted by Gasteiger charge is 2.57. The van der Waals surface area contributed by atoms with Crippen LogP contribution in [0.3, 0.4) is 0 Å². The van der Waals surface area contributed by atoms with Gasteiger partial charge in [-0.2, -0.15) is 0 Å². The summed E-state index contributed by atoms with van der Waals surface area (Å²) >= 11 is 0. The number of fused-ring (bicyclic) bond motifs is 6. The van der Waals surface area contributed by atoms with Gasteiger partial charge in [0.1, 0.15) is 54.9 Å². The first-order valence-corrected chi connectivity index (χ1v) is 12.1. The summed E-state index contributed by atoms with van der Waals surface area (Å²) in [5, 5.41) is 48.3. The molecule has 6 rings (SSSR count). The van der Waals surface area contributed by atoms with E-state index in [0.29, 0.717) is 12.2 Å². The van der Waals surface area contributed by atoms with E-state index in [1.54, 1.807) is 24.3 Å². The normalized spacial score (nSPS) is 38.3. The molecule has 4 unspecified atom stereocenters. The Morgan fingerprint density at radius 1 is 0.811 bits per heavy atom. The molecule has 0 radical (unpaired) electrons. The highest BCUT2D eigenvalue weighted by Crippen LogP contribution is 2.35. The summed E-state index contributed by atoms with van der Waals surface area (Å²) in [6.07, 6.45) is -7.69. The van der Waals surface area contributed by atoms with Gasteiger partial charge in [-0.15, -0.1) is 0 Å². The molecule has 202 valence electrons. The summed E-state index contributed by atoms with van der Waals surface area (Å²) < 4.78 is 28.1. The number of benzene rings is 2. The third-order valence-electron chi connectivity index (χ3n) is 6.97. The van der Waals surface area contributed by atoms with Gasteiger partial charge in [-0.25, -0.2) is 0 Å². The Bertz CT molecular complexity index is 973. The highest BCUT2D eigenvalue weighted by atomic mass is 16.8. The molecule has 4 bridgehead atoms. The van der Waals surface area contributed by atoms with Gasteiger partial charge in [-0.05, 0) is 17.9 Å². The lowest BCUT2D eigenvalue weighted by atomic mass is 9.75. The van der Waals surface area contributed by atoms with Crippen LogP contribution >= 0.6 is 0 Å². The molecule has 37 heavy (non-hydrogen) atoms. The molecular formula is C26H35BO10. The van der Waals surface area contributed by atoms with Crippen molar-refractivity contribution >= 4 is 12.6 Å². The summed E-state index contributed by atoms with van der Waals surface area (Å²) in [6.45, 7) is 2.08. The zero-order chi connectivity index (χ0) is 25.4. The lowest BCUT2D eigenvalue weighted by Gasteiger charge is -2.44. The quantitative estimate of drug-likeness (QED) is 0.335. The van der Waals surface area contributed by atoms with Gasteiger partial charge in [0.15, 0.2) is 6.29 Å². The van der Waals surface area contributed by atoms with E-state index in [4.69, 9.17) is 28.6 Å². The van der Waals surface area contributed by atoms with Gasteiger partial charge in [-0.3, -0.25) is 0 Å². The van der Waals surface area contributed by atoms with E-state index in [-0.39, 0.29) is 19.6 Å². The zero-order valence-electron chi connectivity index (χ0n) is 19.7. The second kappa shape index (κ2) is 11.9. The monoisotopic (exact) mass is 518 g/mol. The fourth-order valence-corrected chi connectivity index (χ4v) is 4.88. The van der Waals surface area contributed by atoms with Gasteiger partial charge in [0.05, 0.1) is 13.2 Å². The van der Waals surface area contributed by atoms with Crippen LogP contribution in [-0.4, -0.2) is 101 Å². The molecule has 4 aliphatic rings. The van der Waals surface area contributed by atoms with Crippen LogP contribution in [0.1, 0.15) is 24.7 Å². The van der Waals surface area contributed by atoms with Crippen molar-refractivity contribution in [1.29, 1.82) is 0 Å². The fourth-order valence-electron chi connectivity index (χ4n) is 4.88. The molecule has 4 fully saturated rings. The third-order valence-corrected chi connectivity index (χ3v) is 6.97. The molecule has 10 nitrogen and oxygen atoms in total. The number of aliphatic hydroxyl groups excluding tert-OH is 5. The van der Waals surface area contributed by atoms with Crippen molar-refractivity contribution in [2.24, 2.45) is 0 Å². The van der Waals surface area contributed by atoms with E-state index in [1.807, 2.05) is 37.3 Å². The first kappa shape index (κ1) is 28.1. The maximum absolute atomic E-state index is 10.2. The van der Waals surface area contributed by atoms with Crippen molar-refractivity contribution in [3.63, 3.8) is 0 Å². The Kier molecular flexibility index (Phi) is 9.02. The van der Waals surface area contributed by atoms with Gasteiger partial charge in [0, 0.05) is 0 Å². The van der Waals surface area contributed by atoms with E-state index in [2.05, 4.69) is 0 Å². The van der Waals surface area contributed by atoms with Crippen molar-refractivity contribution < 1.29 is 49.1 Å². The summed E-state index contributed by atoms with van der Waals surface area (Å²) in [5.41, 5.74) is 2.84. The molecule has 2 aromatic carbocycles. The van der Waals surface area contributed by atoms with Crippen LogP contribution in [0.25, 0.3) is 0 Å². The van der Waals surface area contributed by atoms with Crippen molar-refractivity contribution in [1.82, 2.24) is 0 Å². The maximum Gasteiger partial charge on any atom is 0.494 e. The van der Waals surface area contributed by atoms with Gasteiger partial charge in [-0.1, -0.05) is 67.6 Å². The average Bonchev–Trinajstić information content (AvgIpc) is 3.36. The Morgan fingerprint density at radius 2 is 1.49 bits per heavy atom. The summed E-state index contributed by atoms with van der Waals surface area (Å²) in [5.74, 6) is 0. The van der Waals surface area contributed by atoms with E-state index < -0.39 is 62.7 Å². The van der Waals surface area contributed by atoms with Crippen LogP contribution in [0.4, 0.5) is 0 Å². The van der Waals surface area contributed by atoms with Crippen LogP contribution < -0.4 is 5.46 Å².